The molecule has 0 spiro atoms. The second-order valence-corrected chi connectivity index (χ2v) is 13.5. The summed E-state index contributed by atoms with van der Waals surface area (Å²) in [4.78, 5) is 46.9. The molecule has 6 atom stereocenters. The zero-order valence-corrected chi connectivity index (χ0v) is 23.3. The SMILES string of the molecule is O=C(O)C1CC(O)CCC1COOC1CCC(SC2CCC(OC(=O)C3CCC(O)CC3C(=O)O)CC2)CC1. The number of ether oxygens (including phenoxy) is 1. The number of carboxylic acid groups (broad SMARTS) is 2. The highest BCUT2D eigenvalue weighted by Gasteiger charge is 2.41. The summed E-state index contributed by atoms with van der Waals surface area (Å²) in [5.74, 6) is -4.63. The van der Waals surface area contributed by atoms with Gasteiger partial charge in [0.15, 0.2) is 0 Å². The summed E-state index contributed by atoms with van der Waals surface area (Å²) in [5, 5.41) is 39.5. The second-order valence-electron chi connectivity index (χ2n) is 11.9. The summed E-state index contributed by atoms with van der Waals surface area (Å²) in [6.45, 7) is 0.242. The molecule has 0 heterocycles. The van der Waals surface area contributed by atoms with E-state index in [1.54, 1.807) is 0 Å². The van der Waals surface area contributed by atoms with E-state index in [0.29, 0.717) is 36.2 Å². The Morgan fingerprint density at radius 2 is 1.18 bits per heavy atom. The molecule has 0 radical (unpaired) electrons. The Bertz CT molecular complexity index is 823. The third-order valence-corrected chi connectivity index (χ3v) is 10.8. The van der Waals surface area contributed by atoms with Crippen LogP contribution >= 0.6 is 11.8 Å². The molecule has 10 nitrogen and oxygen atoms in total. The van der Waals surface area contributed by atoms with E-state index < -0.39 is 47.9 Å². The number of carboxylic acids is 2. The number of aliphatic hydroxyl groups is 2. The summed E-state index contributed by atoms with van der Waals surface area (Å²) in [6, 6.07) is 0. The summed E-state index contributed by atoms with van der Waals surface area (Å²) < 4.78 is 5.74. The van der Waals surface area contributed by atoms with E-state index in [1.807, 2.05) is 11.8 Å². The van der Waals surface area contributed by atoms with Crippen molar-refractivity contribution in [1.29, 1.82) is 0 Å². The third-order valence-electron chi connectivity index (χ3n) is 9.12. The number of rotatable bonds is 10. The van der Waals surface area contributed by atoms with E-state index in [9.17, 15) is 34.8 Å². The number of thioether (sulfide) groups is 1. The van der Waals surface area contributed by atoms with E-state index in [4.69, 9.17) is 14.5 Å². The Balaban J connectivity index is 1.10. The molecule has 0 aromatic heterocycles. The molecule has 0 aromatic rings. The molecule has 4 saturated carbocycles. The van der Waals surface area contributed by atoms with Crippen LogP contribution in [0.5, 0.6) is 0 Å². The molecule has 11 heteroatoms. The molecule has 0 aliphatic heterocycles. The molecule has 4 fully saturated rings. The van der Waals surface area contributed by atoms with Crippen molar-refractivity contribution in [3.8, 4) is 0 Å². The summed E-state index contributed by atoms with van der Waals surface area (Å²) >= 11 is 2.02. The largest absolute Gasteiger partial charge is 0.481 e. The molecular weight excluding hydrogens is 528 g/mol. The first-order valence-electron chi connectivity index (χ1n) is 14.7. The molecule has 222 valence electrons. The third kappa shape index (κ3) is 8.79. The molecule has 0 saturated heterocycles. The highest BCUT2D eigenvalue weighted by atomic mass is 32.2. The molecule has 0 bridgehead atoms. The topological polar surface area (TPSA) is 160 Å². The minimum atomic E-state index is -1.04. The lowest BCUT2D eigenvalue weighted by molar-refractivity contribution is -0.336. The van der Waals surface area contributed by atoms with E-state index >= 15 is 0 Å². The smallest absolute Gasteiger partial charge is 0.310 e. The number of aliphatic carboxylic acids is 2. The Kier molecular flexibility index (Phi) is 11.3. The summed E-state index contributed by atoms with van der Waals surface area (Å²) in [7, 11) is 0. The lowest BCUT2D eigenvalue weighted by Gasteiger charge is -2.35. The maximum Gasteiger partial charge on any atom is 0.310 e. The van der Waals surface area contributed by atoms with E-state index in [1.165, 1.54) is 0 Å². The zero-order valence-electron chi connectivity index (χ0n) is 22.5. The molecule has 39 heavy (non-hydrogen) atoms. The van der Waals surface area contributed by atoms with Crippen molar-refractivity contribution in [1.82, 2.24) is 0 Å². The van der Waals surface area contributed by atoms with Crippen LogP contribution in [-0.2, 0) is 28.9 Å². The van der Waals surface area contributed by atoms with Crippen molar-refractivity contribution >= 4 is 29.7 Å². The first-order valence-corrected chi connectivity index (χ1v) is 15.6. The van der Waals surface area contributed by atoms with Gasteiger partial charge in [-0.25, -0.2) is 9.78 Å². The van der Waals surface area contributed by atoms with Crippen molar-refractivity contribution in [2.45, 2.75) is 125 Å². The average molecular weight is 573 g/mol. The van der Waals surface area contributed by atoms with Crippen LogP contribution in [0.2, 0.25) is 0 Å². The minimum absolute atomic E-state index is 0.0185. The summed E-state index contributed by atoms with van der Waals surface area (Å²) in [5.41, 5.74) is 0. The highest BCUT2D eigenvalue weighted by molar-refractivity contribution is 8.00. The van der Waals surface area contributed by atoms with E-state index in [2.05, 4.69) is 0 Å². The molecule has 6 unspecified atom stereocenters. The normalized spacial score (nSPS) is 39.5. The van der Waals surface area contributed by atoms with Gasteiger partial charge < -0.3 is 25.2 Å². The molecule has 4 aliphatic rings. The van der Waals surface area contributed by atoms with Crippen LogP contribution in [0.15, 0.2) is 0 Å². The number of hydrogen-bond donors (Lipinski definition) is 4. The first-order chi connectivity index (χ1) is 18.7. The van der Waals surface area contributed by atoms with Crippen LogP contribution in [0, 0.1) is 23.7 Å². The van der Waals surface area contributed by atoms with Crippen molar-refractivity contribution in [2.75, 3.05) is 6.61 Å². The van der Waals surface area contributed by atoms with Crippen LogP contribution in [-0.4, -0.2) is 79.9 Å². The number of carbonyl (C=O) groups excluding carboxylic acids is 1. The van der Waals surface area contributed by atoms with Gasteiger partial charge in [-0.15, -0.1) is 0 Å². The highest BCUT2D eigenvalue weighted by Crippen LogP contribution is 2.39. The number of aliphatic hydroxyl groups excluding tert-OH is 2. The Hall–Kier alpha value is -1.40. The van der Waals surface area contributed by atoms with Gasteiger partial charge >= 0.3 is 17.9 Å². The molecular formula is C28H44O10S. The Morgan fingerprint density at radius 1 is 0.641 bits per heavy atom. The predicted octanol–water partition coefficient (Wildman–Crippen LogP) is 3.56. The van der Waals surface area contributed by atoms with E-state index in [0.717, 1.165) is 51.4 Å². The van der Waals surface area contributed by atoms with Crippen molar-refractivity contribution < 1.29 is 49.3 Å². The van der Waals surface area contributed by atoms with Gasteiger partial charge in [0.25, 0.3) is 0 Å². The monoisotopic (exact) mass is 572 g/mol. The van der Waals surface area contributed by atoms with Crippen LogP contribution in [0.3, 0.4) is 0 Å². The van der Waals surface area contributed by atoms with Crippen LogP contribution < -0.4 is 0 Å². The molecule has 0 amide bonds. The zero-order chi connectivity index (χ0) is 27.9. The van der Waals surface area contributed by atoms with E-state index in [-0.39, 0.29) is 37.6 Å². The molecule has 0 aromatic carbocycles. The maximum atomic E-state index is 12.7. The lowest BCUT2D eigenvalue weighted by Crippen LogP contribution is -2.40. The van der Waals surface area contributed by atoms with Crippen molar-refractivity contribution in [2.24, 2.45) is 23.7 Å². The average Bonchev–Trinajstić information content (AvgIpc) is 2.91. The fourth-order valence-electron chi connectivity index (χ4n) is 6.71. The Labute approximate surface area is 234 Å². The van der Waals surface area contributed by atoms with Crippen LogP contribution in [0.4, 0.5) is 0 Å². The maximum absolute atomic E-state index is 12.7. The van der Waals surface area contributed by atoms with Gasteiger partial charge in [0.05, 0.1) is 42.7 Å². The molecule has 4 N–H and O–H groups in total. The van der Waals surface area contributed by atoms with Gasteiger partial charge in [0, 0.05) is 10.5 Å². The van der Waals surface area contributed by atoms with Crippen molar-refractivity contribution in [3.05, 3.63) is 0 Å². The van der Waals surface area contributed by atoms with Gasteiger partial charge in [-0.2, -0.15) is 11.8 Å². The number of carbonyl (C=O) groups is 3. The second kappa shape index (κ2) is 14.5. The fraction of sp³-hybridized carbons (Fsp3) is 0.893. The van der Waals surface area contributed by atoms with Gasteiger partial charge in [0.2, 0.25) is 0 Å². The first kappa shape index (κ1) is 30.6. The standard InChI is InChI=1S/C28H44O10S/c29-17-2-1-16(24(13-17)26(31)32)15-36-38-20-6-10-22(11-7-20)39-21-8-4-19(5-9-21)37-28(35)23-12-3-18(30)14-25(23)27(33)34/h16-25,29-30H,1-15H2,(H,31,32)(H,33,34). The Morgan fingerprint density at radius 3 is 1.77 bits per heavy atom. The molecule has 4 rings (SSSR count). The predicted molar refractivity (Wildman–Crippen MR) is 142 cm³/mol. The van der Waals surface area contributed by atoms with Crippen LogP contribution in [0.25, 0.3) is 0 Å². The number of esters is 1. The van der Waals surface area contributed by atoms with Gasteiger partial charge in [-0.1, -0.05) is 0 Å². The van der Waals surface area contributed by atoms with Crippen LogP contribution in [0.1, 0.15) is 89.9 Å². The van der Waals surface area contributed by atoms with Gasteiger partial charge in [-0.3, -0.25) is 14.4 Å². The molecule has 4 aliphatic carbocycles. The lowest BCUT2D eigenvalue weighted by atomic mass is 9.78. The minimum Gasteiger partial charge on any atom is -0.481 e. The van der Waals surface area contributed by atoms with Crippen molar-refractivity contribution in [3.63, 3.8) is 0 Å². The number of hydrogen-bond acceptors (Lipinski definition) is 9. The van der Waals surface area contributed by atoms with Gasteiger partial charge in [-0.05, 0) is 95.8 Å². The quantitative estimate of drug-likeness (QED) is 0.172. The van der Waals surface area contributed by atoms with Gasteiger partial charge in [0.1, 0.15) is 6.10 Å². The summed E-state index contributed by atoms with van der Waals surface area (Å²) in [6.07, 6.45) is 8.41. The fourth-order valence-corrected chi connectivity index (χ4v) is 8.35.